The molecule has 1 aromatic heterocycles. The van der Waals surface area contributed by atoms with Gasteiger partial charge in [0.25, 0.3) is 11.0 Å². The fraction of sp³-hybridized carbons (Fsp3) is 0.286. The van der Waals surface area contributed by atoms with Crippen LogP contribution in [-0.4, -0.2) is 20.8 Å². The van der Waals surface area contributed by atoms with E-state index in [1.54, 1.807) is 6.92 Å². The summed E-state index contributed by atoms with van der Waals surface area (Å²) < 4.78 is 1.24. The summed E-state index contributed by atoms with van der Waals surface area (Å²) in [5, 5.41) is 2.97. The molecular formula is C7H6Cl2N2O2. The van der Waals surface area contributed by atoms with Crippen molar-refractivity contribution in [2.24, 2.45) is 7.05 Å². The topological polar surface area (TPSA) is 52.0 Å². The van der Waals surface area contributed by atoms with Crippen molar-refractivity contribution in [2.45, 2.75) is 6.92 Å². The second-order valence-electron chi connectivity index (χ2n) is 2.47. The van der Waals surface area contributed by atoms with E-state index in [4.69, 9.17) is 23.2 Å². The second-order valence-corrected chi connectivity index (χ2v) is 3.20. The molecule has 70 valence electrons. The van der Waals surface area contributed by atoms with E-state index in [2.05, 4.69) is 5.10 Å². The molecule has 1 heterocycles. The molecule has 1 aromatic rings. The van der Waals surface area contributed by atoms with Crippen LogP contribution in [0.25, 0.3) is 0 Å². The minimum absolute atomic E-state index is 0.0270. The summed E-state index contributed by atoms with van der Waals surface area (Å²) in [6.45, 7) is 1.64. The number of hydrogen-bond acceptors (Lipinski definition) is 3. The van der Waals surface area contributed by atoms with Gasteiger partial charge in [0.05, 0.1) is 10.7 Å². The largest absolute Gasteiger partial charge is 0.294 e. The Labute approximate surface area is 84.4 Å². The molecule has 0 fully saturated rings. The summed E-state index contributed by atoms with van der Waals surface area (Å²) in [6, 6.07) is 0. The zero-order chi connectivity index (χ0) is 10.2. The van der Waals surface area contributed by atoms with Gasteiger partial charge in [-0.1, -0.05) is 11.6 Å². The van der Waals surface area contributed by atoms with Crippen LogP contribution in [-0.2, 0) is 11.8 Å². The van der Waals surface area contributed by atoms with Crippen molar-refractivity contribution in [3.63, 3.8) is 0 Å². The lowest BCUT2D eigenvalue weighted by molar-refractivity contribution is -0.108. The number of carbonyl (C=O) groups excluding carboxylic acids is 2. The summed E-state index contributed by atoms with van der Waals surface area (Å²) in [7, 11) is 1.52. The van der Waals surface area contributed by atoms with Crippen molar-refractivity contribution in [1.29, 1.82) is 0 Å². The smallest absolute Gasteiger partial charge is 0.282 e. The Kier molecular flexibility index (Phi) is 2.73. The average molecular weight is 221 g/mol. The van der Waals surface area contributed by atoms with Gasteiger partial charge in [0, 0.05) is 7.05 Å². The molecule has 0 unspecified atom stereocenters. The van der Waals surface area contributed by atoms with Crippen LogP contribution < -0.4 is 0 Å². The Bertz CT molecular complexity index is 384. The first-order valence-electron chi connectivity index (χ1n) is 3.38. The van der Waals surface area contributed by atoms with Crippen molar-refractivity contribution in [2.75, 3.05) is 0 Å². The van der Waals surface area contributed by atoms with Crippen LogP contribution in [0.4, 0.5) is 0 Å². The standard InChI is InChI=1S/C7H6Cl2N2O2/c1-3-4(8)5(11(2)10-3)6(12)7(9)13/h1-2H3. The Morgan fingerprint density at radius 3 is 2.31 bits per heavy atom. The summed E-state index contributed by atoms with van der Waals surface area (Å²) in [5.41, 5.74) is 0.518. The number of aromatic nitrogens is 2. The predicted octanol–water partition coefficient (Wildman–Crippen LogP) is 1.33. The van der Waals surface area contributed by atoms with Gasteiger partial charge in [-0.25, -0.2) is 0 Å². The minimum atomic E-state index is -1.06. The van der Waals surface area contributed by atoms with E-state index in [1.807, 2.05) is 0 Å². The van der Waals surface area contributed by atoms with Crippen LogP contribution in [0.3, 0.4) is 0 Å². The number of Topliss-reactive ketones (excluding diaryl/α,β-unsaturated/α-hetero) is 1. The maximum Gasteiger partial charge on any atom is 0.294 e. The normalized spacial score (nSPS) is 10.2. The molecule has 0 radical (unpaired) electrons. The molecule has 0 aliphatic rings. The molecule has 0 atom stereocenters. The van der Waals surface area contributed by atoms with Crippen molar-refractivity contribution < 1.29 is 9.59 Å². The lowest BCUT2D eigenvalue weighted by Gasteiger charge is -1.95. The number of ketones is 1. The zero-order valence-corrected chi connectivity index (χ0v) is 8.48. The first-order valence-corrected chi connectivity index (χ1v) is 4.14. The van der Waals surface area contributed by atoms with Gasteiger partial charge in [-0.3, -0.25) is 14.3 Å². The third kappa shape index (κ3) is 1.73. The van der Waals surface area contributed by atoms with Gasteiger partial charge >= 0.3 is 0 Å². The quantitative estimate of drug-likeness (QED) is 0.430. The lowest BCUT2D eigenvalue weighted by Crippen LogP contribution is -2.13. The molecule has 0 bridgehead atoms. The Morgan fingerprint density at radius 1 is 1.46 bits per heavy atom. The van der Waals surface area contributed by atoms with Crippen LogP contribution in [0.5, 0.6) is 0 Å². The zero-order valence-electron chi connectivity index (χ0n) is 6.97. The summed E-state index contributed by atoms with van der Waals surface area (Å²) in [4.78, 5) is 21.7. The summed E-state index contributed by atoms with van der Waals surface area (Å²) in [5.74, 6) is -0.838. The highest BCUT2D eigenvalue weighted by Gasteiger charge is 2.23. The highest BCUT2D eigenvalue weighted by Crippen LogP contribution is 2.20. The summed E-state index contributed by atoms with van der Waals surface area (Å²) >= 11 is 10.8. The molecule has 0 saturated heterocycles. The lowest BCUT2D eigenvalue weighted by atomic mass is 10.3. The fourth-order valence-electron chi connectivity index (χ4n) is 0.972. The molecule has 0 aromatic carbocycles. The van der Waals surface area contributed by atoms with Gasteiger partial charge in [-0.15, -0.1) is 0 Å². The molecule has 0 amide bonds. The van der Waals surface area contributed by atoms with Crippen LogP contribution >= 0.6 is 23.2 Å². The van der Waals surface area contributed by atoms with E-state index >= 15 is 0 Å². The van der Waals surface area contributed by atoms with Gasteiger partial charge in [-0.2, -0.15) is 5.10 Å². The number of hydrogen-bond donors (Lipinski definition) is 0. The highest BCUT2D eigenvalue weighted by atomic mass is 35.5. The maximum atomic E-state index is 11.2. The van der Waals surface area contributed by atoms with Crippen molar-refractivity contribution in [3.05, 3.63) is 16.4 Å². The van der Waals surface area contributed by atoms with Gasteiger partial charge < -0.3 is 0 Å². The SMILES string of the molecule is Cc1nn(C)c(C(=O)C(=O)Cl)c1Cl. The van der Waals surface area contributed by atoms with Crippen LogP contribution in [0.2, 0.25) is 5.02 Å². The first kappa shape index (κ1) is 10.2. The van der Waals surface area contributed by atoms with Crippen molar-refractivity contribution in [3.8, 4) is 0 Å². The molecule has 0 saturated carbocycles. The minimum Gasteiger partial charge on any atom is -0.282 e. The van der Waals surface area contributed by atoms with Gasteiger partial charge in [-0.05, 0) is 18.5 Å². The predicted molar refractivity (Wildman–Crippen MR) is 48.1 cm³/mol. The van der Waals surface area contributed by atoms with Crippen molar-refractivity contribution >= 4 is 34.2 Å². The number of rotatable bonds is 2. The number of aryl methyl sites for hydroxylation is 2. The molecule has 4 nitrogen and oxygen atoms in total. The Balaban J connectivity index is 3.29. The van der Waals surface area contributed by atoms with E-state index in [-0.39, 0.29) is 10.7 Å². The third-order valence-electron chi connectivity index (χ3n) is 1.54. The van der Waals surface area contributed by atoms with E-state index in [9.17, 15) is 9.59 Å². The van der Waals surface area contributed by atoms with E-state index in [0.29, 0.717) is 5.69 Å². The maximum absolute atomic E-state index is 11.2. The van der Waals surface area contributed by atoms with Gasteiger partial charge in [0.2, 0.25) is 0 Å². The van der Waals surface area contributed by atoms with E-state index in [0.717, 1.165) is 0 Å². The van der Waals surface area contributed by atoms with Crippen molar-refractivity contribution in [1.82, 2.24) is 9.78 Å². The molecule has 6 heteroatoms. The first-order chi connectivity index (χ1) is 5.95. The molecule has 0 N–H and O–H groups in total. The molecule has 0 aliphatic carbocycles. The Hall–Kier alpha value is -0.870. The number of carbonyl (C=O) groups is 2. The third-order valence-corrected chi connectivity index (χ3v) is 2.17. The monoisotopic (exact) mass is 220 g/mol. The van der Waals surface area contributed by atoms with Gasteiger partial charge in [0.15, 0.2) is 0 Å². The van der Waals surface area contributed by atoms with E-state index in [1.165, 1.54) is 11.7 Å². The molecule has 13 heavy (non-hydrogen) atoms. The fourth-order valence-corrected chi connectivity index (χ4v) is 1.31. The highest BCUT2D eigenvalue weighted by molar-refractivity contribution is 6.83. The molecule has 0 spiro atoms. The van der Waals surface area contributed by atoms with Crippen LogP contribution in [0.1, 0.15) is 16.2 Å². The van der Waals surface area contributed by atoms with Crippen LogP contribution in [0.15, 0.2) is 0 Å². The number of nitrogens with zero attached hydrogens (tertiary/aromatic N) is 2. The molecule has 0 aliphatic heterocycles. The van der Waals surface area contributed by atoms with E-state index < -0.39 is 11.0 Å². The molecule has 1 rings (SSSR count). The summed E-state index contributed by atoms with van der Waals surface area (Å²) in [6.07, 6.45) is 0. The second kappa shape index (κ2) is 3.47. The average Bonchev–Trinajstić information content (AvgIpc) is 2.26. The Morgan fingerprint density at radius 2 is 2.00 bits per heavy atom. The van der Waals surface area contributed by atoms with Gasteiger partial charge in [0.1, 0.15) is 5.69 Å². The number of halogens is 2. The molecular weight excluding hydrogens is 215 g/mol. The van der Waals surface area contributed by atoms with Crippen LogP contribution in [0, 0.1) is 6.92 Å².